The molecular weight excluding hydrogens is 287 g/mol. The Bertz CT molecular complexity index is 664. The monoisotopic (exact) mass is 304 g/mol. The Labute approximate surface area is 127 Å². The van der Waals surface area contributed by atoms with E-state index in [9.17, 15) is 14.0 Å². The number of ether oxygens (including phenoxy) is 1. The van der Waals surface area contributed by atoms with Gasteiger partial charge in [0, 0.05) is 19.8 Å². The van der Waals surface area contributed by atoms with Gasteiger partial charge in [-0.3, -0.25) is 4.79 Å². The normalized spacial score (nSPS) is 11.8. The Hall–Kier alpha value is -2.63. The summed E-state index contributed by atoms with van der Waals surface area (Å²) in [7, 11) is 1.72. The van der Waals surface area contributed by atoms with Crippen LogP contribution in [0, 0.1) is 5.82 Å². The van der Waals surface area contributed by atoms with Crippen LogP contribution in [0.25, 0.3) is 0 Å². The van der Waals surface area contributed by atoms with E-state index >= 15 is 0 Å². The summed E-state index contributed by atoms with van der Waals surface area (Å²) in [4.78, 5) is 23.8. The van der Waals surface area contributed by atoms with Crippen LogP contribution in [0.5, 0.6) is 0 Å². The van der Waals surface area contributed by atoms with Crippen LogP contribution in [0.2, 0.25) is 0 Å². The molecule has 1 aromatic carbocycles. The minimum Gasteiger partial charge on any atom is -0.448 e. The van der Waals surface area contributed by atoms with Gasteiger partial charge < -0.3 is 14.6 Å². The van der Waals surface area contributed by atoms with Gasteiger partial charge in [0.05, 0.1) is 0 Å². The second-order valence-corrected chi connectivity index (χ2v) is 4.90. The van der Waals surface area contributed by atoms with Gasteiger partial charge in [0.1, 0.15) is 11.5 Å². The zero-order valence-corrected chi connectivity index (χ0v) is 12.4. The number of hydrogen-bond donors (Lipinski definition) is 1. The molecule has 1 atom stereocenters. The molecule has 0 unspecified atom stereocenters. The number of rotatable bonds is 5. The van der Waals surface area contributed by atoms with Gasteiger partial charge >= 0.3 is 5.97 Å². The fraction of sp³-hybridized carbons (Fsp3) is 0.250. The average molecular weight is 304 g/mol. The molecule has 0 radical (unpaired) electrons. The molecule has 0 aliphatic heterocycles. The smallest absolute Gasteiger partial charge is 0.355 e. The minimum atomic E-state index is -0.914. The molecule has 0 aliphatic rings. The van der Waals surface area contributed by atoms with Gasteiger partial charge in [0.2, 0.25) is 0 Å². The van der Waals surface area contributed by atoms with Crippen molar-refractivity contribution >= 4 is 11.9 Å². The fourth-order valence-electron chi connectivity index (χ4n) is 1.88. The average Bonchev–Trinajstić information content (AvgIpc) is 2.92. The standard InChI is InChI=1S/C16H17FN2O3/c1-11(22-16(21)14-4-3-9-19(14)2)15(20)18-10-12-5-7-13(17)8-6-12/h3-9,11H,10H2,1-2H3,(H,18,20)/t11-/m0/s1. The van der Waals surface area contributed by atoms with E-state index in [0.29, 0.717) is 5.69 Å². The predicted octanol–water partition coefficient (Wildman–Crippen LogP) is 2.03. The van der Waals surface area contributed by atoms with Gasteiger partial charge in [0.25, 0.3) is 5.91 Å². The number of nitrogens with zero attached hydrogens (tertiary/aromatic N) is 1. The Morgan fingerprint density at radius 2 is 1.95 bits per heavy atom. The van der Waals surface area contributed by atoms with Crippen molar-refractivity contribution in [3.63, 3.8) is 0 Å². The molecule has 2 aromatic rings. The Balaban J connectivity index is 1.85. The molecule has 5 nitrogen and oxygen atoms in total. The van der Waals surface area contributed by atoms with Crippen LogP contribution in [0.4, 0.5) is 4.39 Å². The highest BCUT2D eigenvalue weighted by molar-refractivity contribution is 5.90. The first kappa shape index (κ1) is 15.8. The summed E-state index contributed by atoms with van der Waals surface area (Å²) in [5.41, 5.74) is 1.13. The minimum absolute atomic E-state index is 0.241. The first-order chi connectivity index (χ1) is 10.5. The van der Waals surface area contributed by atoms with Crippen molar-refractivity contribution < 1.29 is 18.7 Å². The van der Waals surface area contributed by atoms with Gasteiger partial charge in [-0.05, 0) is 36.8 Å². The molecule has 0 saturated carbocycles. The zero-order valence-electron chi connectivity index (χ0n) is 12.4. The van der Waals surface area contributed by atoms with E-state index < -0.39 is 18.0 Å². The topological polar surface area (TPSA) is 60.3 Å². The molecule has 1 aromatic heterocycles. The van der Waals surface area contributed by atoms with E-state index in [-0.39, 0.29) is 12.4 Å². The third-order valence-electron chi connectivity index (χ3n) is 3.19. The number of carbonyl (C=O) groups excluding carboxylic acids is 2. The molecule has 1 amide bonds. The van der Waals surface area contributed by atoms with Crippen LogP contribution in [0.15, 0.2) is 42.6 Å². The van der Waals surface area contributed by atoms with E-state index in [4.69, 9.17) is 4.74 Å². The second kappa shape index (κ2) is 6.89. The van der Waals surface area contributed by atoms with E-state index in [1.165, 1.54) is 19.1 Å². The van der Waals surface area contributed by atoms with Crippen LogP contribution in [0.3, 0.4) is 0 Å². The molecule has 1 N–H and O–H groups in total. The Kier molecular flexibility index (Phi) is 4.93. The summed E-state index contributed by atoms with van der Waals surface area (Å²) in [5, 5.41) is 2.64. The number of benzene rings is 1. The fourth-order valence-corrected chi connectivity index (χ4v) is 1.88. The van der Waals surface area contributed by atoms with Crippen molar-refractivity contribution in [1.29, 1.82) is 0 Å². The molecule has 1 heterocycles. The number of esters is 1. The number of aryl methyl sites for hydroxylation is 1. The van der Waals surface area contributed by atoms with Gasteiger partial charge in [-0.2, -0.15) is 0 Å². The highest BCUT2D eigenvalue weighted by Crippen LogP contribution is 2.06. The third-order valence-corrected chi connectivity index (χ3v) is 3.19. The highest BCUT2D eigenvalue weighted by atomic mass is 19.1. The van der Waals surface area contributed by atoms with Gasteiger partial charge in [0.15, 0.2) is 6.10 Å². The van der Waals surface area contributed by atoms with Gasteiger partial charge in [-0.1, -0.05) is 12.1 Å². The largest absolute Gasteiger partial charge is 0.448 e. The Morgan fingerprint density at radius 1 is 1.27 bits per heavy atom. The molecule has 22 heavy (non-hydrogen) atoms. The van der Waals surface area contributed by atoms with E-state index in [0.717, 1.165) is 5.56 Å². The lowest BCUT2D eigenvalue weighted by Gasteiger charge is -2.13. The van der Waals surface area contributed by atoms with Crippen LogP contribution in [-0.2, 0) is 23.1 Å². The number of halogens is 1. The molecule has 0 saturated heterocycles. The summed E-state index contributed by atoms with van der Waals surface area (Å²) < 4.78 is 19.5. The Morgan fingerprint density at radius 3 is 2.55 bits per heavy atom. The van der Waals surface area contributed by atoms with Crippen molar-refractivity contribution in [3.8, 4) is 0 Å². The lowest BCUT2D eigenvalue weighted by Crippen LogP contribution is -2.35. The third kappa shape index (κ3) is 3.94. The first-order valence-corrected chi connectivity index (χ1v) is 6.82. The summed E-state index contributed by atoms with van der Waals surface area (Å²) in [6.45, 7) is 1.74. The summed E-state index contributed by atoms with van der Waals surface area (Å²) in [6.07, 6.45) is 0.804. The van der Waals surface area contributed by atoms with Crippen LogP contribution >= 0.6 is 0 Å². The number of hydrogen-bond acceptors (Lipinski definition) is 3. The molecule has 6 heteroatoms. The lowest BCUT2D eigenvalue weighted by atomic mass is 10.2. The van der Waals surface area contributed by atoms with Crippen LogP contribution in [0.1, 0.15) is 23.0 Å². The van der Waals surface area contributed by atoms with Crippen molar-refractivity contribution in [2.24, 2.45) is 7.05 Å². The molecule has 0 spiro atoms. The van der Waals surface area contributed by atoms with Crippen molar-refractivity contribution in [2.45, 2.75) is 19.6 Å². The number of nitrogens with one attached hydrogen (secondary N) is 1. The SMILES string of the molecule is C[C@H](OC(=O)c1cccn1C)C(=O)NCc1ccc(F)cc1. The summed E-state index contributed by atoms with van der Waals surface area (Å²) in [6, 6.07) is 9.13. The van der Waals surface area contributed by atoms with Crippen molar-refractivity contribution in [3.05, 3.63) is 59.7 Å². The maximum Gasteiger partial charge on any atom is 0.355 e. The van der Waals surface area contributed by atoms with Crippen molar-refractivity contribution in [1.82, 2.24) is 9.88 Å². The number of aromatic nitrogens is 1. The summed E-state index contributed by atoms with van der Waals surface area (Å²) >= 11 is 0. The van der Waals surface area contributed by atoms with Crippen LogP contribution < -0.4 is 5.32 Å². The molecular formula is C16H17FN2O3. The first-order valence-electron chi connectivity index (χ1n) is 6.82. The predicted molar refractivity (Wildman–Crippen MR) is 78.5 cm³/mol. The molecule has 2 rings (SSSR count). The highest BCUT2D eigenvalue weighted by Gasteiger charge is 2.19. The maximum absolute atomic E-state index is 12.8. The maximum atomic E-state index is 12.8. The molecule has 0 bridgehead atoms. The molecule has 0 fully saturated rings. The van der Waals surface area contributed by atoms with Gasteiger partial charge in [-0.15, -0.1) is 0 Å². The van der Waals surface area contributed by atoms with E-state index in [2.05, 4.69) is 5.32 Å². The van der Waals surface area contributed by atoms with E-state index in [1.807, 2.05) is 0 Å². The van der Waals surface area contributed by atoms with Crippen molar-refractivity contribution in [2.75, 3.05) is 0 Å². The number of amides is 1. The van der Waals surface area contributed by atoms with Crippen LogP contribution in [-0.4, -0.2) is 22.5 Å². The quantitative estimate of drug-likeness (QED) is 0.860. The zero-order chi connectivity index (χ0) is 16.1. The lowest BCUT2D eigenvalue weighted by molar-refractivity contribution is -0.129. The van der Waals surface area contributed by atoms with E-state index in [1.54, 1.807) is 42.1 Å². The molecule has 116 valence electrons. The van der Waals surface area contributed by atoms with Gasteiger partial charge in [-0.25, -0.2) is 9.18 Å². The second-order valence-electron chi connectivity index (χ2n) is 4.90. The number of carbonyl (C=O) groups is 2. The molecule has 0 aliphatic carbocycles. The summed E-state index contributed by atoms with van der Waals surface area (Å²) in [5.74, 6) is -1.30.